The third-order valence-electron chi connectivity index (χ3n) is 3.30. The van der Waals surface area contributed by atoms with Crippen molar-refractivity contribution in [2.24, 2.45) is 0 Å². The molecule has 3 aromatic rings. The number of carbonyl (C=O) groups excluding carboxylic acids is 1. The molecule has 1 amide bonds. The highest BCUT2D eigenvalue weighted by molar-refractivity contribution is 6.06. The summed E-state index contributed by atoms with van der Waals surface area (Å²) >= 11 is 0. The van der Waals surface area contributed by atoms with Gasteiger partial charge in [-0.1, -0.05) is 29.8 Å². The Hall–Kier alpha value is -3.15. The van der Waals surface area contributed by atoms with Crippen LogP contribution >= 0.6 is 0 Å². The Labute approximate surface area is 133 Å². The van der Waals surface area contributed by atoms with Crippen molar-refractivity contribution >= 4 is 11.6 Å². The Morgan fingerprint density at radius 3 is 2.70 bits per heavy atom. The van der Waals surface area contributed by atoms with Crippen molar-refractivity contribution in [3.63, 3.8) is 0 Å². The molecular weight excluding hydrogens is 294 g/mol. The molecule has 0 aliphatic rings. The van der Waals surface area contributed by atoms with E-state index in [1.807, 2.05) is 31.2 Å². The first-order chi connectivity index (χ1) is 11.2. The van der Waals surface area contributed by atoms with Crippen LogP contribution in [-0.2, 0) is 0 Å². The van der Waals surface area contributed by atoms with Crippen LogP contribution in [0.25, 0.3) is 11.3 Å². The highest BCUT2D eigenvalue weighted by atomic mass is 16.5. The number of methoxy groups -OCH3 is 1. The highest BCUT2D eigenvalue weighted by Crippen LogP contribution is 2.24. The van der Waals surface area contributed by atoms with Gasteiger partial charge in [-0.3, -0.25) is 4.79 Å². The van der Waals surface area contributed by atoms with E-state index in [1.165, 1.54) is 13.5 Å². The molecule has 0 aliphatic heterocycles. The molecule has 0 atom stereocenters. The Kier molecular flexibility index (Phi) is 4.05. The lowest BCUT2D eigenvalue weighted by Crippen LogP contribution is -2.13. The van der Waals surface area contributed by atoms with Gasteiger partial charge in [0, 0.05) is 23.5 Å². The third kappa shape index (κ3) is 3.21. The lowest BCUT2D eigenvalue weighted by molar-refractivity contribution is 0.102. The zero-order chi connectivity index (χ0) is 16.2. The van der Waals surface area contributed by atoms with Crippen LogP contribution in [-0.4, -0.2) is 23.0 Å². The molecule has 3 rings (SSSR count). The summed E-state index contributed by atoms with van der Waals surface area (Å²) in [5.74, 6) is 0.493. The number of nitrogens with zero attached hydrogens (tertiary/aromatic N) is 2. The molecule has 6 heteroatoms. The monoisotopic (exact) mass is 309 g/mol. The first kappa shape index (κ1) is 14.8. The Morgan fingerprint density at radius 1 is 1.17 bits per heavy atom. The molecule has 0 radical (unpaired) electrons. The van der Waals surface area contributed by atoms with E-state index in [0.717, 1.165) is 11.1 Å². The predicted molar refractivity (Wildman–Crippen MR) is 85.4 cm³/mol. The maximum atomic E-state index is 12.4. The van der Waals surface area contributed by atoms with Crippen LogP contribution in [0.2, 0.25) is 0 Å². The van der Waals surface area contributed by atoms with Crippen molar-refractivity contribution in [3.05, 3.63) is 60.2 Å². The Bertz CT molecular complexity index is 825. The zero-order valence-electron chi connectivity index (χ0n) is 12.7. The SMILES string of the molecule is COc1cc(NC(=O)c2ncoc2-c2ccc(C)cc2)ccn1. The quantitative estimate of drug-likeness (QED) is 0.800. The maximum absolute atomic E-state index is 12.4. The molecular formula is C17H15N3O3. The van der Waals surface area contributed by atoms with Crippen molar-refractivity contribution in [2.75, 3.05) is 12.4 Å². The van der Waals surface area contributed by atoms with E-state index in [0.29, 0.717) is 17.3 Å². The summed E-state index contributed by atoms with van der Waals surface area (Å²) in [6, 6.07) is 11.0. The molecule has 0 aliphatic carbocycles. The van der Waals surface area contributed by atoms with E-state index in [2.05, 4.69) is 15.3 Å². The summed E-state index contributed by atoms with van der Waals surface area (Å²) in [5, 5.41) is 2.76. The molecule has 1 aromatic carbocycles. The highest BCUT2D eigenvalue weighted by Gasteiger charge is 2.18. The fraction of sp³-hybridized carbons (Fsp3) is 0.118. The number of amides is 1. The molecule has 23 heavy (non-hydrogen) atoms. The number of rotatable bonds is 4. The predicted octanol–water partition coefficient (Wildman–Crippen LogP) is 3.31. The summed E-state index contributed by atoms with van der Waals surface area (Å²) in [7, 11) is 1.51. The van der Waals surface area contributed by atoms with Gasteiger partial charge in [0.1, 0.15) is 0 Å². The van der Waals surface area contributed by atoms with Crippen LogP contribution in [0.5, 0.6) is 5.88 Å². The molecule has 2 heterocycles. The van der Waals surface area contributed by atoms with E-state index in [1.54, 1.807) is 18.3 Å². The summed E-state index contributed by atoms with van der Waals surface area (Å²) in [4.78, 5) is 20.5. The topological polar surface area (TPSA) is 77.2 Å². The van der Waals surface area contributed by atoms with Gasteiger partial charge in [0.25, 0.3) is 5.91 Å². The summed E-state index contributed by atoms with van der Waals surface area (Å²) in [5.41, 5.74) is 2.72. The molecule has 0 bridgehead atoms. The molecule has 0 unspecified atom stereocenters. The van der Waals surface area contributed by atoms with Gasteiger partial charge in [-0.15, -0.1) is 0 Å². The summed E-state index contributed by atoms with van der Waals surface area (Å²) < 4.78 is 10.4. The molecule has 6 nitrogen and oxygen atoms in total. The lowest BCUT2D eigenvalue weighted by Gasteiger charge is -2.06. The number of hydrogen-bond donors (Lipinski definition) is 1. The molecule has 2 aromatic heterocycles. The molecule has 0 fully saturated rings. The van der Waals surface area contributed by atoms with Crippen molar-refractivity contribution < 1.29 is 13.9 Å². The molecule has 0 saturated carbocycles. The van der Waals surface area contributed by atoms with E-state index in [-0.39, 0.29) is 11.6 Å². The maximum Gasteiger partial charge on any atom is 0.278 e. The van der Waals surface area contributed by atoms with Gasteiger partial charge in [0.15, 0.2) is 17.8 Å². The lowest BCUT2D eigenvalue weighted by atomic mass is 10.1. The molecule has 0 saturated heterocycles. The molecule has 0 spiro atoms. The fourth-order valence-electron chi connectivity index (χ4n) is 2.11. The normalized spacial score (nSPS) is 10.3. The van der Waals surface area contributed by atoms with Crippen molar-refractivity contribution in [3.8, 4) is 17.2 Å². The Morgan fingerprint density at radius 2 is 1.96 bits per heavy atom. The second-order valence-electron chi connectivity index (χ2n) is 4.94. The zero-order valence-corrected chi connectivity index (χ0v) is 12.7. The number of anilines is 1. The number of oxazole rings is 1. The number of carbonyl (C=O) groups is 1. The van der Waals surface area contributed by atoms with Gasteiger partial charge in [-0.25, -0.2) is 9.97 Å². The standard InChI is InChI=1S/C17H15N3O3/c1-11-3-5-12(6-4-11)16-15(19-10-23-16)17(21)20-13-7-8-18-14(9-13)22-2/h3-10H,1-2H3,(H,18,20,21). The van der Waals surface area contributed by atoms with E-state index in [4.69, 9.17) is 9.15 Å². The van der Waals surface area contributed by atoms with Crippen molar-refractivity contribution in [1.82, 2.24) is 9.97 Å². The van der Waals surface area contributed by atoms with E-state index in [9.17, 15) is 4.79 Å². The van der Waals surface area contributed by atoms with Gasteiger partial charge in [-0.05, 0) is 13.0 Å². The average molecular weight is 309 g/mol. The van der Waals surface area contributed by atoms with Crippen LogP contribution in [0.15, 0.2) is 53.4 Å². The number of hydrogen-bond acceptors (Lipinski definition) is 5. The fourth-order valence-corrected chi connectivity index (χ4v) is 2.11. The van der Waals surface area contributed by atoms with Crippen LogP contribution in [0.4, 0.5) is 5.69 Å². The largest absolute Gasteiger partial charge is 0.481 e. The van der Waals surface area contributed by atoms with E-state index < -0.39 is 0 Å². The first-order valence-electron chi connectivity index (χ1n) is 6.99. The van der Waals surface area contributed by atoms with Gasteiger partial charge in [-0.2, -0.15) is 0 Å². The van der Waals surface area contributed by atoms with Crippen LogP contribution in [0, 0.1) is 6.92 Å². The Balaban J connectivity index is 1.86. The van der Waals surface area contributed by atoms with Gasteiger partial charge >= 0.3 is 0 Å². The number of benzene rings is 1. The third-order valence-corrected chi connectivity index (χ3v) is 3.30. The van der Waals surface area contributed by atoms with Gasteiger partial charge in [0.2, 0.25) is 5.88 Å². The number of ether oxygens (including phenoxy) is 1. The van der Waals surface area contributed by atoms with Crippen LogP contribution in [0.1, 0.15) is 16.1 Å². The number of aryl methyl sites for hydroxylation is 1. The second-order valence-corrected chi connectivity index (χ2v) is 4.94. The number of pyridine rings is 1. The second kappa shape index (κ2) is 6.31. The van der Waals surface area contributed by atoms with Gasteiger partial charge in [0.05, 0.1) is 7.11 Å². The smallest absolute Gasteiger partial charge is 0.278 e. The minimum Gasteiger partial charge on any atom is -0.481 e. The summed E-state index contributed by atoms with van der Waals surface area (Å²) in [6.07, 6.45) is 2.81. The van der Waals surface area contributed by atoms with Crippen LogP contribution < -0.4 is 10.1 Å². The molecule has 1 N–H and O–H groups in total. The number of aromatic nitrogens is 2. The number of nitrogens with one attached hydrogen (secondary N) is 1. The van der Waals surface area contributed by atoms with Gasteiger partial charge < -0.3 is 14.5 Å². The van der Waals surface area contributed by atoms with Crippen LogP contribution in [0.3, 0.4) is 0 Å². The van der Waals surface area contributed by atoms with E-state index >= 15 is 0 Å². The van der Waals surface area contributed by atoms with Crippen molar-refractivity contribution in [1.29, 1.82) is 0 Å². The minimum atomic E-state index is -0.359. The first-order valence-corrected chi connectivity index (χ1v) is 6.99. The minimum absolute atomic E-state index is 0.227. The van der Waals surface area contributed by atoms with Crippen molar-refractivity contribution in [2.45, 2.75) is 6.92 Å². The summed E-state index contributed by atoms with van der Waals surface area (Å²) in [6.45, 7) is 1.99. The molecule has 116 valence electrons. The average Bonchev–Trinajstić information content (AvgIpc) is 3.05.